The Hall–Kier alpha value is 0.00636. The van der Waals surface area contributed by atoms with E-state index in [2.05, 4.69) is 11.3 Å². The van der Waals surface area contributed by atoms with Crippen LogP contribution >= 0.6 is 11.8 Å². The second-order valence-corrected chi connectivity index (χ2v) is 9.53. The molecule has 0 amide bonds. The van der Waals surface area contributed by atoms with E-state index in [4.69, 9.17) is 14.2 Å². The van der Waals surface area contributed by atoms with E-state index in [1.165, 1.54) is 18.9 Å². The molecule has 0 rings (SSSR count). The zero-order valence-electron chi connectivity index (χ0n) is 18.5. The Morgan fingerprint density at radius 3 is 2.13 bits per heavy atom. The molecule has 0 fully saturated rings. The Kier molecular flexibility index (Phi) is 18.7. The third kappa shape index (κ3) is 21.6. The van der Waals surface area contributed by atoms with Crippen molar-refractivity contribution in [2.75, 3.05) is 44.2 Å². The fourth-order valence-electron chi connectivity index (χ4n) is 1.89. The predicted octanol–water partition coefficient (Wildman–Crippen LogP) is -1.95. The van der Waals surface area contributed by atoms with Crippen molar-refractivity contribution in [2.45, 2.75) is 38.7 Å². The third-order valence-corrected chi connectivity index (χ3v) is 5.38. The Morgan fingerprint density at radius 2 is 1.58 bits per heavy atom. The van der Waals surface area contributed by atoms with Crippen LogP contribution in [-0.4, -0.2) is 80.7 Å². The summed E-state index contributed by atoms with van der Waals surface area (Å²) in [6.45, 7) is 6.73. The zero-order chi connectivity index (χ0) is 23.2. The molecule has 0 saturated carbocycles. The Morgan fingerprint density at radius 1 is 1.00 bits per heavy atom. The standard InChI is InChI=1S/C18H30O10S2.K/c1-14(11-27-17(21)12-25-4)10-26-15(19)7-8-29-13-18(2,3)28-16(20)6-5-9-30(22,23)24;/h1,5-13H2,2-4H3,(H,22,23,24);/q;+1/p-1. The number of carbonyl (C=O) groups excluding carboxylic acids is 3. The van der Waals surface area contributed by atoms with Crippen molar-refractivity contribution < 1.29 is 97.7 Å². The first-order valence-corrected chi connectivity index (χ1v) is 11.8. The van der Waals surface area contributed by atoms with Crippen molar-refractivity contribution >= 4 is 39.8 Å². The van der Waals surface area contributed by atoms with E-state index in [9.17, 15) is 27.4 Å². The summed E-state index contributed by atoms with van der Waals surface area (Å²) >= 11 is 1.38. The van der Waals surface area contributed by atoms with Gasteiger partial charge >= 0.3 is 69.3 Å². The van der Waals surface area contributed by atoms with E-state index in [-0.39, 0.29) is 90.5 Å². The molecule has 0 unspecified atom stereocenters. The van der Waals surface area contributed by atoms with Crippen molar-refractivity contribution in [3.8, 4) is 0 Å². The van der Waals surface area contributed by atoms with Gasteiger partial charge in [-0.1, -0.05) is 6.58 Å². The number of methoxy groups -OCH3 is 1. The molecule has 0 aliphatic rings. The molecule has 0 spiro atoms. The number of esters is 3. The van der Waals surface area contributed by atoms with E-state index < -0.39 is 39.4 Å². The van der Waals surface area contributed by atoms with Crippen molar-refractivity contribution in [1.29, 1.82) is 0 Å². The van der Waals surface area contributed by atoms with Gasteiger partial charge in [0.05, 0.1) is 16.5 Å². The van der Waals surface area contributed by atoms with E-state index in [1.54, 1.807) is 13.8 Å². The Labute approximate surface area is 230 Å². The summed E-state index contributed by atoms with van der Waals surface area (Å²) in [5.41, 5.74) is -0.388. The molecule has 10 nitrogen and oxygen atoms in total. The number of carbonyl (C=O) groups is 3. The van der Waals surface area contributed by atoms with Crippen LogP contribution in [-0.2, 0) is 43.4 Å². The summed E-state index contributed by atoms with van der Waals surface area (Å²) in [5, 5.41) is 0. The first-order valence-electron chi connectivity index (χ1n) is 9.04. The molecule has 0 aromatic carbocycles. The molecule has 0 bridgehead atoms. The second-order valence-electron chi connectivity index (χ2n) is 6.91. The maximum absolute atomic E-state index is 11.7. The maximum atomic E-state index is 11.7. The van der Waals surface area contributed by atoms with Gasteiger partial charge in [0.15, 0.2) is 0 Å². The average Bonchev–Trinajstić information content (AvgIpc) is 2.60. The minimum absolute atomic E-state index is 0. The average molecular weight is 509 g/mol. The van der Waals surface area contributed by atoms with Crippen molar-refractivity contribution in [1.82, 2.24) is 0 Å². The molecule has 0 aromatic rings. The largest absolute Gasteiger partial charge is 1.00 e. The Balaban J connectivity index is 0. The van der Waals surface area contributed by atoms with Crippen molar-refractivity contribution in [2.24, 2.45) is 0 Å². The normalized spacial score (nSPS) is 11.2. The maximum Gasteiger partial charge on any atom is 1.00 e. The summed E-state index contributed by atoms with van der Waals surface area (Å²) in [7, 11) is -2.98. The topological polar surface area (TPSA) is 145 Å². The summed E-state index contributed by atoms with van der Waals surface area (Å²) in [6.07, 6.45) is -0.115. The van der Waals surface area contributed by atoms with Crippen LogP contribution in [0, 0.1) is 0 Å². The monoisotopic (exact) mass is 508 g/mol. The number of hydrogen-bond donors (Lipinski definition) is 0. The molecule has 31 heavy (non-hydrogen) atoms. The molecule has 13 heteroatoms. The number of rotatable bonds is 16. The predicted molar refractivity (Wildman–Crippen MR) is 109 cm³/mol. The van der Waals surface area contributed by atoms with Crippen LogP contribution in [0.3, 0.4) is 0 Å². The molecular weight excluding hydrogens is 479 g/mol. The molecule has 0 saturated heterocycles. The van der Waals surface area contributed by atoms with E-state index in [0.717, 1.165) is 0 Å². The van der Waals surface area contributed by atoms with Gasteiger partial charge in [-0.3, -0.25) is 9.59 Å². The molecule has 0 atom stereocenters. The molecule has 0 aromatic heterocycles. The molecular formula is C18H29KO10S2. The fourth-order valence-corrected chi connectivity index (χ4v) is 3.40. The van der Waals surface area contributed by atoms with Gasteiger partial charge in [0, 0.05) is 30.8 Å². The Bertz CT molecular complexity index is 691. The SMILES string of the molecule is C=C(COC(=O)CCSCC(C)(C)OC(=O)CCCS(=O)(=O)[O-])COC(=O)COC.[K+]. The van der Waals surface area contributed by atoms with Crippen LogP contribution < -0.4 is 51.4 Å². The van der Waals surface area contributed by atoms with Gasteiger partial charge < -0.3 is 23.5 Å². The smallest absolute Gasteiger partial charge is 0.748 e. The molecule has 174 valence electrons. The minimum Gasteiger partial charge on any atom is -0.748 e. The molecule has 0 heterocycles. The first-order chi connectivity index (χ1) is 13.8. The van der Waals surface area contributed by atoms with Gasteiger partial charge in [-0.2, -0.15) is 11.8 Å². The molecule has 0 N–H and O–H groups in total. The van der Waals surface area contributed by atoms with Gasteiger partial charge in [0.1, 0.15) is 25.4 Å². The minimum atomic E-state index is -4.35. The van der Waals surface area contributed by atoms with Gasteiger partial charge in [-0.05, 0) is 25.8 Å². The van der Waals surface area contributed by atoms with E-state index in [1.807, 2.05) is 0 Å². The van der Waals surface area contributed by atoms with Crippen molar-refractivity contribution in [3.05, 3.63) is 12.2 Å². The number of thioether (sulfide) groups is 1. The first kappa shape index (κ1) is 33.2. The van der Waals surface area contributed by atoms with Crippen LogP contribution in [0.2, 0.25) is 0 Å². The second kappa shape index (κ2) is 17.5. The summed E-state index contributed by atoms with van der Waals surface area (Å²) in [4.78, 5) is 34.6. The molecule has 0 aliphatic heterocycles. The number of hydrogen-bond acceptors (Lipinski definition) is 11. The fraction of sp³-hybridized carbons (Fsp3) is 0.722. The molecule has 0 aliphatic carbocycles. The van der Waals surface area contributed by atoms with E-state index in [0.29, 0.717) is 17.1 Å². The van der Waals surface area contributed by atoms with Crippen LogP contribution in [0.25, 0.3) is 0 Å². The number of ether oxygens (including phenoxy) is 4. The quantitative estimate of drug-likeness (QED) is 0.0572. The summed E-state index contributed by atoms with van der Waals surface area (Å²) in [5.74, 6) is -1.34. The van der Waals surface area contributed by atoms with Gasteiger partial charge in [-0.25, -0.2) is 13.2 Å². The summed E-state index contributed by atoms with van der Waals surface area (Å²) in [6, 6.07) is 0. The van der Waals surface area contributed by atoms with Crippen LogP contribution in [0.5, 0.6) is 0 Å². The van der Waals surface area contributed by atoms with Crippen LogP contribution in [0.15, 0.2) is 12.2 Å². The van der Waals surface area contributed by atoms with E-state index >= 15 is 0 Å². The van der Waals surface area contributed by atoms with Crippen molar-refractivity contribution in [3.63, 3.8) is 0 Å². The van der Waals surface area contributed by atoms with Crippen LogP contribution in [0.1, 0.15) is 33.1 Å². The van der Waals surface area contributed by atoms with Gasteiger partial charge in [-0.15, -0.1) is 0 Å². The third-order valence-electron chi connectivity index (χ3n) is 3.20. The van der Waals surface area contributed by atoms with Gasteiger partial charge in [0.2, 0.25) is 0 Å². The van der Waals surface area contributed by atoms with Crippen LogP contribution in [0.4, 0.5) is 0 Å². The zero-order valence-corrected chi connectivity index (χ0v) is 23.2. The summed E-state index contributed by atoms with van der Waals surface area (Å²) < 4.78 is 51.3. The molecule has 0 radical (unpaired) electrons. The van der Waals surface area contributed by atoms with Gasteiger partial charge in [0.25, 0.3) is 0 Å².